The van der Waals surface area contributed by atoms with Gasteiger partial charge in [0.2, 0.25) is 0 Å². The van der Waals surface area contributed by atoms with Crippen LogP contribution >= 0.6 is 0 Å². The molecule has 1 N–H and O–H groups in total. The van der Waals surface area contributed by atoms with Crippen molar-refractivity contribution in [2.45, 2.75) is 19.3 Å². The Morgan fingerprint density at radius 1 is 1.08 bits per heavy atom. The van der Waals surface area contributed by atoms with Crippen molar-refractivity contribution in [2.75, 3.05) is 6.61 Å². The molecule has 6 nitrogen and oxygen atoms in total. The van der Waals surface area contributed by atoms with Gasteiger partial charge in [-0.2, -0.15) is 5.10 Å². The third-order valence-electron chi connectivity index (χ3n) is 3.70. The van der Waals surface area contributed by atoms with E-state index in [1.54, 1.807) is 47.4 Å². The van der Waals surface area contributed by atoms with Crippen LogP contribution in [0.2, 0.25) is 0 Å². The molecule has 3 rings (SSSR count). The van der Waals surface area contributed by atoms with Crippen LogP contribution in [0.15, 0.2) is 73.1 Å². The van der Waals surface area contributed by atoms with Crippen LogP contribution < -0.4 is 4.74 Å². The number of ether oxygens (including phenoxy) is 2. The van der Waals surface area contributed by atoms with Gasteiger partial charge >= 0.3 is 5.97 Å². The van der Waals surface area contributed by atoms with Crippen LogP contribution in [-0.2, 0) is 17.9 Å². The van der Waals surface area contributed by atoms with E-state index in [2.05, 4.69) is 5.10 Å². The molecular weight excluding hydrogens is 332 g/mol. The number of carbonyl (C=O) groups excluding carboxylic acids is 1. The molecule has 134 valence electrons. The van der Waals surface area contributed by atoms with E-state index in [4.69, 9.17) is 9.47 Å². The predicted molar refractivity (Wildman–Crippen MR) is 95.7 cm³/mol. The number of aliphatic hydroxyl groups excluding tert-OH is 1. The van der Waals surface area contributed by atoms with Gasteiger partial charge in [-0.3, -0.25) is 4.68 Å². The van der Waals surface area contributed by atoms with Crippen molar-refractivity contribution in [3.63, 3.8) is 0 Å². The Morgan fingerprint density at radius 2 is 1.85 bits per heavy atom. The molecule has 0 saturated heterocycles. The minimum atomic E-state index is -0.676. The fraction of sp³-hybridized carbons (Fsp3) is 0.200. The molecular formula is C20H20N2O4. The maximum absolute atomic E-state index is 12.1. The van der Waals surface area contributed by atoms with E-state index in [-0.39, 0.29) is 19.2 Å². The normalized spacial score (nSPS) is 11.7. The highest BCUT2D eigenvalue weighted by molar-refractivity contribution is 5.89. The van der Waals surface area contributed by atoms with Gasteiger partial charge in [0.15, 0.2) is 0 Å². The molecule has 0 radical (unpaired) electrons. The van der Waals surface area contributed by atoms with Crippen LogP contribution in [0.1, 0.15) is 15.9 Å². The first kappa shape index (κ1) is 17.7. The first-order valence-electron chi connectivity index (χ1n) is 8.30. The zero-order valence-corrected chi connectivity index (χ0v) is 14.2. The minimum Gasteiger partial charge on any atom is -0.491 e. The Labute approximate surface area is 151 Å². The fourth-order valence-corrected chi connectivity index (χ4v) is 2.36. The summed E-state index contributed by atoms with van der Waals surface area (Å²) in [5.74, 6) is 0.184. The van der Waals surface area contributed by atoms with E-state index in [1.165, 1.54) is 0 Å². The highest BCUT2D eigenvalue weighted by Gasteiger charge is 2.09. The molecule has 6 heteroatoms. The Bertz CT molecular complexity index is 802. The van der Waals surface area contributed by atoms with Crippen molar-refractivity contribution < 1.29 is 19.4 Å². The van der Waals surface area contributed by atoms with Crippen LogP contribution in [-0.4, -0.2) is 33.6 Å². The third-order valence-corrected chi connectivity index (χ3v) is 3.70. The smallest absolute Gasteiger partial charge is 0.338 e. The summed E-state index contributed by atoms with van der Waals surface area (Å²) >= 11 is 0. The number of rotatable bonds is 8. The summed E-state index contributed by atoms with van der Waals surface area (Å²) in [6.07, 6.45) is 2.76. The summed E-state index contributed by atoms with van der Waals surface area (Å²) < 4.78 is 12.5. The summed E-state index contributed by atoms with van der Waals surface area (Å²) in [5, 5.41) is 14.0. The van der Waals surface area contributed by atoms with E-state index in [9.17, 15) is 9.90 Å². The molecule has 26 heavy (non-hydrogen) atoms. The quantitative estimate of drug-likeness (QED) is 0.631. The van der Waals surface area contributed by atoms with Crippen molar-refractivity contribution in [2.24, 2.45) is 0 Å². The van der Waals surface area contributed by atoms with Crippen molar-refractivity contribution in [1.29, 1.82) is 0 Å². The molecule has 2 aromatic carbocycles. The van der Waals surface area contributed by atoms with Crippen LogP contribution in [0.3, 0.4) is 0 Å². The largest absolute Gasteiger partial charge is 0.491 e. The molecule has 0 unspecified atom stereocenters. The number of carbonyl (C=O) groups is 1. The Hall–Kier alpha value is -3.12. The van der Waals surface area contributed by atoms with Gasteiger partial charge in [0.1, 0.15) is 25.1 Å². The summed E-state index contributed by atoms with van der Waals surface area (Å²) in [4.78, 5) is 12.1. The topological polar surface area (TPSA) is 73.6 Å². The summed E-state index contributed by atoms with van der Waals surface area (Å²) in [7, 11) is 0. The second-order valence-electron chi connectivity index (χ2n) is 5.78. The van der Waals surface area contributed by atoms with Crippen LogP contribution in [0.4, 0.5) is 0 Å². The van der Waals surface area contributed by atoms with Crippen LogP contribution in [0.5, 0.6) is 5.75 Å². The molecule has 1 aromatic heterocycles. The molecule has 1 atom stereocenters. The van der Waals surface area contributed by atoms with Crippen molar-refractivity contribution in [3.8, 4) is 5.75 Å². The van der Waals surface area contributed by atoms with Gasteiger partial charge in [-0.15, -0.1) is 0 Å². The monoisotopic (exact) mass is 352 g/mol. The average Bonchev–Trinajstić information content (AvgIpc) is 3.18. The van der Waals surface area contributed by atoms with Crippen LogP contribution in [0, 0.1) is 0 Å². The molecule has 0 fully saturated rings. The van der Waals surface area contributed by atoms with Gasteiger partial charge in [-0.05, 0) is 35.9 Å². The Morgan fingerprint density at radius 3 is 2.54 bits per heavy atom. The van der Waals surface area contributed by atoms with E-state index in [1.807, 2.05) is 30.3 Å². The van der Waals surface area contributed by atoms with E-state index in [0.717, 1.165) is 5.56 Å². The van der Waals surface area contributed by atoms with Crippen LogP contribution in [0.25, 0.3) is 0 Å². The maximum atomic E-state index is 12.1. The summed E-state index contributed by atoms with van der Waals surface area (Å²) in [6, 6.07) is 18.0. The summed E-state index contributed by atoms with van der Waals surface area (Å²) in [5.41, 5.74) is 1.39. The predicted octanol–water partition coefficient (Wildman–Crippen LogP) is 2.68. The molecule has 0 aliphatic heterocycles. The first-order chi connectivity index (χ1) is 12.7. The Balaban J connectivity index is 1.46. The lowest BCUT2D eigenvalue weighted by molar-refractivity contribution is 0.0472. The number of esters is 1. The maximum Gasteiger partial charge on any atom is 0.338 e. The molecule has 0 saturated carbocycles. The number of nitrogens with zero attached hydrogens (tertiary/aromatic N) is 2. The van der Waals surface area contributed by atoms with E-state index in [0.29, 0.717) is 17.9 Å². The zero-order chi connectivity index (χ0) is 18.2. The number of benzene rings is 2. The van der Waals surface area contributed by atoms with Crippen molar-refractivity contribution >= 4 is 5.97 Å². The molecule has 0 spiro atoms. The second kappa shape index (κ2) is 8.82. The molecule has 1 heterocycles. The van der Waals surface area contributed by atoms with Gasteiger partial charge in [-0.25, -0.2) is 4.79 Å². The van der Waals surface area contributed by atoms with Gasteiger partial charge in [0, 0.05) is 12.4 Å². The van der Waals surface area contributed by atoms with Crippen molar-refractivity contribution in [1.82, 2.24) is 9.78 Å². The van der Waals surface area contributed by atoms with E-state index < -0.39 is 6.10 Å². The molecule has 0 aliphatic carbocycles. The minimum absolute atomic E-state index is 0.137. The van der Waals surface area contributed by atoms with Crippen molar-refractivity contribution in [3.05, 3.63) is 84.2 Å². The van der Waals surface area contributed by atoms with E-state index >= 15 is 0 Å². The average molecular weight is 352 g/mol. The first-order valence-corrected chi connectivity index (χ1v) is 8.30. The summed E-state index contributed by atoms with van der Waals surface area (Å²) in [6.45, 7) is 0.728. The molecule has 0 amide bonds. The highest BCUT2D eigenvalue weighted by atomic mass is 16.5. The SMILES string of the molecule is O=C(OCc1ccccc1)c1ccc(OC[C@H](O)Cn2cccn2)cc1. The molecule has 0 bridgehead atoms. The lowest BCUT2D eigenvalue weighted by Gasteiger charge is -2.12. The van der Waals surface area contributed by atoms with Gasteiger partial charge in [0.05, 0.1) is 12.1 Å². The zero-order valence-electron chi connectivity index (χ0n) is 14.2. The third kappa shape index (κ3) is 5.19. The lowest BCUT2D eigenvalue weighted by Crippen LogP contribution is -2.23. The highest BCUT2D eigenvalue weighted by Crippen LogP contribution is 2.14. The molecule has 3 aromatic rings. The van der Waals surface area contributed by atoms with Gasteiger partial charge in [0.25, 0.3) is 0 Å². The number of hydrogen-bond donors (Lipinski definition) is 1. The number of aliphatic hydroxyl groups is 1. The number of hydrogen-bond acceptors (Lipinski definition) is 5. The fourth-order valence-electron chi connectivity index (χ4n) is 2.36. The van der Waals surface area contributed by atoms with Gasteiger partial charge < -0.3 is 14.6 Å². The van der Waals surface area contributed by atoms with Gasteiger partial charge in [-0.1, -0.05) is 30.3 Å². The standard InChI is InChI=1S/C20H20N2O4/c23-18(13-22-12-4-11-21-22)15-25-19-9-7-17(8-10-19)20(24)26-14-16-5-2-1-3-6-16/h1-12,18,23H,13-15H2/t18-/m1/s1. The molecule has 0 aliphatic rings. The number of aromatic nitrogens is 2. The lowest BCUT2D eigenvalue weighted by atomic mass is 10.2. The Kier molecular flexibility index (Phi) is 6.01. The second-order valence-corrected chi connectivity index (χ2v) is 5.78.